The summed E-state index contributed by atoms with van der Waals surface area (Å²) < 4.78 is 158. The second-order valence-corrected chi connectivity index (χ2v) is 28.3. The van der Waals surface area contributed by atoms with Gasteiger partial charge in [-0.25, -0.2) is 22.5 Å². The number of rotatable bonds is 35. The molecule has 6 aliphatic heterocycles. The van der Waals surface area contributed by atoms with Gasteiger partial charge < -0.3 is 52.4 Å². The average Bonchev–Trinajstić information content (AvgIpc) is 0.956. The summed E-state index contributed by atoms with van der Waals surface area (Å²) in [5.74, 6) is -1.57. The monoisotopic (exact) mass is 1300 g/mol. The van der Waals surface area contributed by atoms with E-state index in [0.29, 0.717) is 138 Å². The lowest BCUT2D eigenvalue weighted by molar-refractivity contribution is -0.198. The molecular weight excluding hydrogens is 1220 g/mol. The van der Waals surface area contributed by atoms with E-state index in [1.54, 1.807) is 0 Å². The standard InChI is InChI=1S/C61H82N4O21S3/c1-6-41-38-60(2,3)63-17-7-9-45-56(63)47(41)36-49-55(44-12-11-43(88(71,72)73)35-51(44)89(74,75)76)50-37-48-42(39-61(4,5)64-18-8-10-46(57(48)64)59(50)85-58(45)49)40-87(69,70)62-16-20-78-22-24-80-26-28-82-30-32-84-34-33-83-31-29-81-27-25-79-23-21-77-19-15-54(68)86-65-52(66)13-14-53(65)67/h11-12,35-38,42,62H,6-10,13-34,39-40H2,1-5H3,(H-,71,72,73,74,75,76)/p+1. The van der Waals surface area contributed by atoms with E-state index in [4.69, 9.17) is 47.5 Å². The van der Waals surface area contributed by atoms with E-state index in [0.717, 1.165) is 70.4 Å². The minimum absolute atomic E-state index is 0.00800. The second-order valence-electron chi connectivity index (χ2n) is 23.7. The summed E-state index contributed by atoms with van der Waals surface area (Å²) in [6.45, 7) is 17.0. The van der Waals surface area contributed by atoms with Crippen LogP contribution in [0.25, 0.3) is 11.1 Å². The van der Waals surface area contributed by atoms with Crippen molar-refractivity contribution in [1.29, 1.82) is 0 Å². The van der Waals surface area contributed by atoms with Gasteiger partial charge in [-0.1, -0.05) is 13.0 Å². The number of hydrogen-bond acceptors (Lipinski definition) is 20. The number of fused-ring (bicyclic) bond motifs is 4. The van der Waals surface area contributed by atoms with Gasteiger partial charge >= 0.3 is 5.97 Å². The summed E-state index contributed by atoms with van der Waals surface area (Å²) in [7, 11) is -14.0. The summed E-state index contributed by atoms with van der Waals surface area (Å²) >= 11 is 0. The van der Waals surface area contributed by atoms with Crippen LogP contribution in [0.5, 0.6) is 11.5 Å². The molecule has 490 valence electrons. The Labute approximate surface area is 520 Å². The Hall–Kier alpha value is -5.31. The molecule has 0 bridgehead atoms. The Morgan fingerprint density at radius 3 is 1.80 bits per heavy atom. The average molecular weight is 1300 g/mol. The van der Waals surface area contributed by atoms with Gasteiger partial charge in [0.25, 0.3) is 32.1 Å². The SMILES string of the molecule is CCC1=CC(C)(C)[N+]2=c3c1cc1c(c3CCC2)Oc2c(cc3c4c2CCCN4C(C)(C)CC3CS(=O)(=O)NCCOCCOCCOCCOCCOCCOCCOCCOCCC(=O)ON2C(=O)CCC2=O)C=1c1ccc(S(=O)(=O)O)cc1S(=O)(=O)O. The van der Waals surface area contributed by atoms with Crippen LogP contribution in [0.3, 0.4) is 0 Å². The quantitative estimate of drug-likeness (QED) is 0.0256. The number of benzene rings is 3. The summed E-state index contributed by atoms with van der Waals surface area (Å²) in [6, 6.07) is 7.07. The molecule has 89 heavy (non-hydrogen) atoms. The number of ether oxygens (including phenoxy) is 9. The van der Waals surface area contributed by atoms with Crippen LogP contribution in [0.1, 0.15) is 119 Å². The van der Waals surface area contributed by atoms with Crippen LogP contribution in [0.15, 0.2) is 46.2 Å². The van der Waals surface area contributed by atoms with Crippen LogP contribution < -0.4 is 29.5 Å². The van der Waals surface area contributed by atoms with E-state index in [1.807, 2.05) is 12.1 Å². The molecule has 9 rings (SSSR count). The van der Waals surface area contributed by atoms with Crippen molar-refractivity contribution in [2.75, 3.05) is 136 Å². The van der Waals surface area contributed by atoms with Crippen LogP contribution in [0, 0.1) is 0 Å². The van der Waals surface area contributed by atoms with Crippen molar-refractivity contribution in [1.82, 2.24) is 14.4 Å². The van der Waals surface area contributed by atoms with Crippen LogP contribution in [-0.2, 0) is 100 Å². The molecule has 0 spiro atoms. The number of carbonyl (C=O) groups is 3. The predicted molar refractivity (Wildman–Crippen MR) is 324 cm³/mol. The van der Waals surface area contributed by atoms with Gasteiger partial charge in [-0.15, -0.1) is 5.06 Å². The molecule has 2 amide bonds. The van der Waals surface area contributed by atoms with Gasteiger partial charge in [0.15, 0.2) is 5.54 Å². The van der Waals surface area contributed by atoms with Gasteiger partial charge in [-0.05, 0) is 87.4 Å². The molecular formula is C61H83N4O21S3+. The van der Waals surface area contributed by atoms with E-state index in [9.17, 15) is 48.7 Å². The molecule has 1 unspecified atom stereocenters. The molecule has 0 aliphatic carbocycles. The number of sulfonamides is 1. The lowest BCUT2D eigenvalue weighted by Gasteiger charge is -2.51. The third-order valence-electron chi connectivity index (χ3n) is 16.5. The molecule has 3 aromatic rings. The highest BCUT2D eigenvalue weighted by Gasteiger charge is 2.46. The van der Waals surface area contributed by atoms with Crippen molar-refractivity contribution in [3.63, 3.8) is 0 Å². The molecule has 3 N–H and O–H groups in total. The van der Waals surface area contributed by atoms with E-state index < -0.39 is 69.3 Å². The number of hydrogen-bond donors (Lipinski definition) is 3. The van der Waals surface area contributed by atoms with Crippen LogP contribution in [-0.4, -0.2) is 199 Å². The lowest BCUT2D eigenvalue weighted by Crippen LogP contribution is -2.53. The largest absolute Gasteiger partial charge is 0.455 e. The molecule has 0 aromatic heterocycles. The van der Waals surface area contributed by atoms with Crippen LogP contribution in [0.4, 0.5) is 5.69 Å². The molecule has 1 atom stereocenters. The molecule has 0 saturated carbocycles. The lowest BCUT2D eigenvalue weighted by atomic mass is 9.74. The van der Waals surface area contributed by atoms with Gasteiger partial charge in [-0.3, -0.25) is 18.7 Å². The molecule has 3 aromatic carbocycles. The first-order chi connectivity index (χ1) is 42.4. The first kappa shape index (κ1) is 68.1. The van der Waals surface area contributed by atoms with Crippen molar-refractivity contribution in [2.24, 2.45) is 0 Å². The topological polar surface area (TPSA) is 308 Å². The number of nitrogens with zero attached hydrogens (tertiary/aromatic N) is 3. The van der Waals surface area contributed by atoms with Crippen molar-refractivity contribution in [2.45, 2.75) is 119 Å². The summed E-state index contributed by atoms with van der Waals surface area (Å²) in [5.41, 5.74) is 5.50. The zero-order chi connectivity index (χ0) is 63.7. The maximum Gasteiger partial charge on any atom is 0.335 e. The first-order valence-electron chi connectivity index (χ1n) is 30.4. The number of imide groups is 1. The molecule has 25 nitrogen and oxygen atoms in total. The number of allylic oxidation sites excluding steroid dienone is 1. The van der Waals surface area contributed by atoms with Crippen molar-refractivity contribution in [3.8, 4) is 11.5 Å². The third-order valence-corrected chi connectivity index (χ3v) is 19.8. The Morgan fingerprint density at radius 1 is 0.674 bits per heavy atom. The van der Waals surface area contributed by atoms with E-state index in [1.165, 1.54) is 6.07 Å². The van der Waals surface area contributed by atoms with Gasteiger partial charge in [0.1, 0.15) is 22.9 Å². The fraction of sp³-hybridized carbons (Fsp3) is 0.607. The maximum atomic E-state index is 14.1. The summed E-state index contributed by atoms with van der Waals surface area (Å²) in [4.78, 5) is 40.4. The Balaban J connectivity index is 0.728. The second kappa shape index (κ2) is 29.5. The highest BCUT2D eigenvalue weighted by Crippen LogP contribution is 2.54. The van der Waals surface area contributed by atoms with E-state index >= 15 is 0 Å². The molecule has 28 heteroatoms. The highest BCUT2D eigenvalue weighted by atomic mass is 32.2. The van der Waals surface area contributed by atoms with Gasteiger partial charge in [-0.2, -0.15) is 16.8 Å². The van der Waals surface area contributed by atoms with Crippen LogP contribution in [0.2, 0.25) is 0 Å². The predicted octanol–water partition coefficient (Wildman–Crippen LogP) is 3.62. The molecule has 0 radical (unpaired) electrons. The molecule has 1 saturated heterocycles. The minimum Gasteiger partial charge on any atom is -0.455 e. The number of anilines is 1. The molecule has 1 fully saturated rings. The van der Waals surface area contributed by atoms with E-state index in [-0.39, 0.29) is 75.7 Å². The molecule has 6 heterocycles. The van der Waals surface area contributed by atoms with Crippen molar-refractivity contribution < 1.29 is 96.2 Å². The number of nitrogens with one attached hydrogen (secondary N) is 1. The smallest absolute Gasteiger partial charge is 0.335 e. The fourth-order valence-corrected chi connectivity index (χ4v) is 15.2. The maximum absolute atomic E-state index is 14.1. The zero-order valence-electron chi connectivity index (χ0n) is 51.3. The van der Waals surface area contributed by atoms with Gasteiger partial charge in [0, 0.05) is 90.8 Å². The zero-order valence-corrected chi connectivity index (χ0v) is 53.7. The Morgan fingerprint density at radius 2 is 1.24 bits per heavy atom. The Bertz CT molecular complexity index is 3630. The number of amides is 2. The van der Waals surface area contributed by atoms with Crippen molar-refractivity contribution >= 4 is 64.9 Å². The van der Waals surface area contributed by atoms with Gasteiger partial charge in [0.05, 0.1) is 134 Å². The minimum atomic E-state index is -5.15. The summed E-state index contributed by atoms with van der Waals surface area (Å²) in [5, 5.41) is 2.09. The number of hydroxylamine groups is 2. The van der Waals surface area contributed by atoms with Gasteiger partial charge in [0.2, 0.25) is 15.4 Å². The summed E-state index contributed by atoms with van der Waals surface area (Å²) in [6.07, 6.45) is 6.18. The molecule has 6 aliphatic rings. The van der Waals surface area contributed by atoms with E-state index in [2.05, 4.69) is 54.9 Å². The van der Waals surface area contributed by atoms with Crippen LogP contribution >= 0.6 is 0 Å². The van der Waals surface area contributed by atoms with Crippen molar-refractivity contribution in [3.05, 3.63) is 80.4 Å². The Kier molecular flexibility index (Phi) is 22.6. The fourth-order valence-electron chi connectivity index (χ4n) is 12.6. The first-order valence-corrected chi connectivity index (χ1v) is 34.9. The third kappa shape index (κ3) is 16.5. The normalized spacial score (nSPS) is 18.3. The number of carbonyl (C=O) groups excluding carboxylic acids is 3. The highest BCUT2D eigenvalue weighted by molar-refractivity contribution is 7.89.